The topological polar surface area (TPSA) is 87.2 Å². The molecule has 0 bridgehead atoms. The van der Waals surface area contributed by atoms with Crippen molar-refractivity contribution in [2.75, 3.05) is 39.3 Å². The normalized spacial score (nSPS) is 19.2. The van der Waals surface area contributed by atoms with Crippen LogP contribution >= 0.6 is 0 Å². The fourth-order valence-corrected chi connectivity index (χ4v) is 5.33. The van der Waals surface area contributed by atoms with Gasteiger partial charge >= 0.3 is 6.09 Å². The lowest BCUT2D eigenvalue weighted by atomic mass is 9.95. The van der Waals surface area contributed by atoms with Crippen LogP contribution in [0.5, 0.6) is 0 Å². The zero-order valence-corrected chi connectivity index (χ0v) is 19.3. The number of halogens is 2. The summed E-state index contributed by atoms with van der Waals surface area (Å²) in [6.45, 7) is 6.67. The summed E-state index contributed by atoms with van der Waals surface area (Å²) in [7, 11) is -4.12. The summed E-state index contributed by atoms with van der Waals surface area (Å²) in [6.07, 6.45) is 0.629. The fourth-order valence-electron chi connectivity index (χ4n) is 3.87. The molecule has 2 saturated heterocycles. The Labute approximate surface area is 187 Å². The van der Waals surface area contributed by atoms with Crippen molar-refractivity contribution in [3.8, 4) is 0 Å². The molecule has 2 amide bonds. The molecule has 0 atom stereocenters. The van der Waals surface area contributed by atoms with Crippen LogP contribution in [0, 0.1) is 17.6 Å². The number of carbonyl (C=O) groups is 2. The SMILES string of the molecule is CC(C)(C)OC(=O)N1CCC(C(=O)N2CCN(S(=O)(=O)c3ccc(F)cc3F)CC2)CC1. The van der Waals surface area contributed by atoms with E-state index in [0.717, 1.165) is 16.4 Å². The van der Waals surface area contributed by atoms with Crippen molar-refractivity contribution in [2.45, 2.75) is 44.1 Å². The number of hydrogen-bond donors (Lipinski definition) is 0. The lowest BCUT2D eigenvalue weighted by Crippen LogP contribution is -2.53. The van der Waals surface area contributed by atoms with Gasteiger partial charge in [-0.25, -0.2) is 22.0 Å². The van der Waals surface area contributed by atoms with Crippen LogP contribution in [-0.2, 0) is 19.6 Å². The van der Waals surface area contributed by atoms with Gasteiger partial charge in [0.25, 0.3) is 0 Å². The second kappa shape index (κ2) is 9.30. The molecule has 0 aliphatic carbocycles. The summed E-state index contributed by atoms with van der Waals surface area (Å²) in [5.41, 5.74) is -0.583. The third-order valence-electron chi connectivity index (χ3n) is 5.56. The molecule has 2 aliphatic rings. The number of rotatable bonds is 3. The van der Waals surface area contributed by atoms with Crippen molar-refractivity contribution < 1.29 is 31.5 Å². The Hall–Kier alpha value is -2.27. The van der Waals surface area contributed by atoms with Gasteiger partial charge in [0.1, 0.15) is 22.1 Å². The van der Waals surface area contributed by atoms with Crippen molar-refractivity contribution in [2.24, 2.45) is 5.92 Å². The largest absolute Gasteiger partial charge is 0.444 e. The van der Waals surface area contributed by atoms with Gasteiger partial charge in [-0.05, 0) is 45.7 Å². The molecule has 2 heterocycles. The summed E-state index contributed by atoms with van der Waals surface area (Å²) in [5.74, 6) is -2.31. The van der Waals surface area contributed by atoms with Crippen LogP contribution in [0.4, 0.5) is 13.6 Å². The molecule has 1 aromatic carbocycles. The van der Waals surface area contributed by atoms with Crippen LogP contribution in [0.1, 0.15) is 33.6 Å². The van der Waals surface area contributed by atoms with Crippen LogP contribution in [0.15, 0.2) is 23.1 Å². The van der Waals surface area contributed by atoms with Crippen molar-refractivity contribution in [3.05, 3.63) is 29.8 Å². The van der Waals surface area contributed by atoms with Gasteiger partial charge in [-0.3, -0.25) is 4.79 Å². The third kappa shape index (κ3) is 5.55. The number of hydrogen-bond acceptors (Lipinski definition) is 5. The molecule has 2 fully saturated rings. The molecule has 0 aromatic heterocycles. The third-order valence-corrected chi connectivity index (χ3v) is 7.49. The van der Waals surface area contributed by atoms with Crippen LogP contribution in [-0.4, -0.2) is 79.4 Å². The fraction of sp³-hybridized carbons (Fsp3) is 0.619. The van der Waals surface area contributed by atoms with Crippen molar-refractivity contribution in [1.29, 1.82) is 0 Å². The summed E-state index contributed by atoms with van der Waals surface area (Å²) in [4.78, 5) is 27.7. The van der Waals surface area contributed by atoms with Gasteiger partial charge in [-0.2, -0.15) is 4.31 Å². The Kier molecular flexibility index (Phi) is 7.09. The molecule has 0 unspecified atom stereocenters. The number of piperazine rings is 1. The number of piperidine rings is 1. The standard InChI is InChI=1S/C21H29F2N3O5S/c1-21(2,3)31-20(28)25-8-6-15(7-9-25)19(27)24-10-12-26(13-11-24)32(29,30)18-5-4-16(22)14-17(18)23/h4-5,14-15H,6-13H2,1-3H3. The highest BCUT2D eigenvalue weighted by atomic mass is 32.2. The maximum absolute atomic E-state index is 14.0. The average Bonchev–Trinajstić information content (AvgIpc) is 2.72. The monoisotopic (exact) mass is 473 g/mol. The second-order valence-electron chi connectivity index (χ2n) is 9.05. The van der Waals surface area contributed by atoms with Gasteiger partial charge < -0.3 is 14.5 Å². The number of benzene rings is 1. The maximum atomic E-state index is 14.0. The van der Waals surface area contributed by atoms with Crippen molar-refractivity contribution in [1.82, 2.24) is 14.1 Å². The zero-order valence-electron chi connectivity index (χ0n) is 18.5. The highest BCUT2D eigenvalue weighted by Crippen LogP contribution is 2.25. The Morgan fingerprint density at radius 1 is 0.969 bits per heavy atom. The number of carbonyl (C=O) groups excluding carboxylic acids is 2. The number of nitrogens with zero attached hydrogens (tertiary/aromatic N) is 3. The van der Waals surface area contributed by atoms with E-state index >= 15 is 0 Å². The van der Waals surface area contributed by atoms with E-state index in [-0.39, 0.29) is 38.0 Å². The first kappa shape index (κ1) is 24.4. The minimum absolute atomic E-state index is 0.0294. The van der Waals surface area contributed by atoms with Gasteiger partial charge in [-0.1, -0.05) is 0 Å². The molecule has 0 radical (unpaired) electrons. The molecule has 0 spiro atoms. The second-order valence-corrected chi connectivity index (χ2v) is 11.0. The number of ether oxygens (including phenoxy) is 1. The molecule has 2 aliphatic heterocycles. The first-order chi connectivity index (χ1) is 14.9. The van der Waals surface area contributed by atoms with Crippen LogP contribution in [0.25, 0.3) is 0 Å². The Bertz CT molecular complexity index is 964. The molecule has 178 valence electrons. The van der Waals surface area contributed by atoms with Gasteiger partial charge in [0, 0.05) is 51.3 Å². The molecule has 11 heteroatoms. The van der Waals surface area contributed by atoms with E-state index in [1.165, 1.54) is 0 Å². The van der Waals surface area contributed by atoms with E-state index in [0.29, 0.717) is 32.0 Å². The molecule has 3 rings (SSSR count). The van der Waals surface area contributed by atoms with E-state index in [4.69, 9.17) is 4.74 Å². The maximum Gasteiger partial charge on any atom is 0.410 e. The predicted octanol–water partition coefficient (Wildman–Crippen LogP) is 2.44. The summed E-state index contributed by atoms with van der Waals surface area (Å²) < 4.78 is 59.0. The van der Waals surface area contributed by atoms with Crippen LogP contribution in [0.3, 0.4) is 0 Å². The van der Waals surface area contributed by atoms with E-state index in [2.05, 4.69) is 0 Å². The van der Waals surface area contributed by atoms with Gasteiger partial charge in [-0.15, -0.1) is 0 Å². The molecular formula is C21H29F2N3O5S. The molecular weight excluding hydrogens is 444 g/mol. The first-order valence-corrected chi connectivity index (χ1v) is 12.0. The van der Waals surface area contributed by atoms with E-state index in [9.17, 15) is 26.8 Å². The Balaban J connectivity index is 1.53. The molecule has 1 aromatic rings. The quantitative estimate of drug-likeness (QED) is 0.673. The molecule has 0 saturated carbocycles. The lowest BCUT2D eigenvalue weighted by Gasteiger charge is -2.38. The molecule has 32 heavy (non-hydrogen) atoms. The minimum Gasteiger partial charge on any atom is -0.444 e. The highest BCUT2D eigenvalue weighted by Gasteiger charge is 2.36. The molecule has 8 nitrogen and oxygen atoms in total. The van der Waals surface area contributed by atoms with E-state index in [1.807, 2.05) is 0 Å². The zero-order chi connectivity index (χ0) is 23.7. The van der Waals surface area contributed by atoms with Crippen LogP contribution in [0.2, 0.25) is 0 Å². The number of sulfonamides is 1. The van der Waals surface area contributed by atoms with E-state index in [1.54, 1.807) is 30.6 Å². The van der Waals surface area contributed by atoms with Crippen LogP contribution < -0.4 is 0 Å². The number of likely N-dealkylation sites (tertiary alicyclic amines) is 1. The van der Waals surface area contributed by atoms with Gasteiger partial charge in [0.2, 0.25) is 15.9 Å². The average molecular weight is 474 g/mol. The van der Waals surface area contributed by atoms with Crippen molar-refractivity contribution in [3.63, 3.8) is 0 Å². The highest BCUT2D eigenvalue weighted by molar-refractivity contribution is 7.89. The lowest BCUT2D eigenvalue weighted by molar-refractivity contribution is -0.138. The van der Waals surface area contributed by atoms with E-state index < -0.39 is 38.2 Å². The first-order valence-electron chi connectivity index (χ1n) is 10.6. The Morgan fingerprint density at radius 2 is 1.56 bits per heavy atom. The number of amides is 2. The summed E-state index contributed by atoms with van der Waals surface area (Å²) in [6, 6.07) is 2.35. The summed E-state index contributed by atoms with van der Waals surface area (Å²) in [5, 5.41) is 0. The minimum atomic E-state index is -4.12. The summed E-state index contributed by atoms with van der Waals surface area (Å²) >= 11 is 0. The van der Waals surface area contributed by atoms with Gasteiger partial charge in [0.15, 0.2) is 0 Å². The molecule has 0 N–H and O–H groups in total. The van der Waals surface area contributed by atoms with Crippen molar-refractivity contribution >= 4 is 22.0 Å². The Morgan fingerprint density at radius 3 is 2.09 bits per heavy atom. The van der Waals surface area contributed by atoms with Gasteiger partial charge in [0.05, 0.1) is 0 Å². The smallest absolute Gasteiger partial charge is 0.410 e. The predicted molar refractivity (Wildman–Crippen MR) is 112 cm³/mol.